The maximum atomic E-state index is 12.9. The molecule has 0 bridgehead atoms. The Morgan fingerprint density at radius 3 is 2.08 bits per heavy atom. The lowest BCUT2D eigenvalue weighted by molar-refractivity contribution is 0.0690. The smallest absolute Gasteiger partial charge is 0.282 e. The van der Waals surface area contributed by atoms with E-state index in [4.69, 9.17) is 0 Å². The summed E-state index contributed by atoms with van der Waals surface area (Å²) in [5.41, 5.74) is 0.698. The van der Waals surface area contributed by atoms with Crippen LogP contribution in [0.25, 0.3) is 0 Å². The molecule has 1 aromatic rings. The molecule has 26 heavy (non-hydrogen) atoms. The van der Waals surface area contributed by atoms with Gasteiger partial charge in [-0.25, -0.2) is 0 Å². The number of benzene rings is 1. The average molecular weight is 398 g/mol. The van der Waals surface area contributed by atoms with Gasteiger partial charge >= 0.3 is 0 Å². The quantitative estimate of drug-likeness (QED) is 0.732. The fourth-order valence-corrected chi connectivity index (χ4v) is 5.81. The minimum Gasteiger partial charge on any atom is -0.336 e. The van der Waals surface area contributed by atoms with E-state index in [0.717, 1.165) is 30.6 Å². The van der Waals surface area contributed by atoms with Crippen LogP contribution in [-0.4, -0.2) is 73.4 Å². The van der Waals surface area contributed by atoms with Crippen molar-refractivity contribution in [2.45, 2.75) is 30.6 Å². The number of hydrogen-bond acceptors (Lipinski definition) is 4. The van der Waals surface area contributed by atoms with Crippen molar-refractivity contribution in [1.82, 2.24) is 13.5 Å². The summed E-state index contributed by atoms with van der Waals surface area (Å²) in [6.07, 6.45) is 6.02. The molecule has 0 unspecified atom stereocenters. The third-order valence-electron chi connectivity index (χ3n) is 5.08. The molecule has 144 valence electrons. The molecule has 8 heteroatoms. The van der Waals surface area contributed by atoms with Crippen molar-refractivity contribution in [3.05, 3.63) is 29.8 Å². The second-order valence-electron chi connectivity index (χ2n) is 6.71. The number of amides is 1. The fraction of sp³-hybridized carbons (Fsp3) is 0.611. The molecule has 0 spiro atoms. The fourth-order valence-electron chi connectivity index (χ4n) is 3.55. The Balaban J connectivity index is 1.64. The molecule has 2 saturated heterocycles. The van der Waals surface area contributed by atoms with Crippen LogP contribution in [0.2, 0.25) is 0 Å². The normalized spacial score (nSPS) is 20.7. The molecule has 0 saturated carbocycles. The van der Waals surface area contributed by atoms with Gasteiger partial charge in [0.05, 0.1) is 5.56 Å². The van der Waals surface area contributed by atoms with Gasteiger partial charge in [0.15, 0.2) is 0 Å². The van der Waals surface area contributed by atoms with Crippen LogP contribution in [0, 0.1) is 0 Å². The van der Waals surface area contributed by atoms with Crippen molar-refractivity contribution in [3.63, 3.8) is 0 Å². The van der Waals surface area contributed by atoms with Crippen LogP contribution in [0.15, 0.2) is 29.2 Å². The highest BCUT2D eigenvalue weighted by molar-refractivity contribution is 7.98. The topological polar surface area (TPSA) is 60.9 Å². The molecule has 0 aromatic heterocycles. The van der Waals surface area contributed by atoms with Crippen LogP contribution in [0.4, 0.5) is 0 Å². The maximum Gasteiger partial charge on any atom is 0.282 e. The van der Waals surface area contributed by atoms with Crippen molar-refractivity contribution in [1.29, 1.82) is 0 Å². The summed E-state index contributed by atoms with van der Waals surface area (Å²) in [5.74, 6) is -0.0122. The summed E-state index contributed by atoms with van der Waals surface area (Å²) < 4.78 is 28.9. The van der Waals surface area contributed by atoms with Gasteiger partial charge in [0.1, 0.15) is 0 Å². The molecule has 3 rings (SSSR count). The highest BCUT2D eigenvalue weighted by atomic mass is 32.2. The van der Waals surface area contributed by atoms with Gasteiger partial charge in [-0.2, -0.15) is 17.0 Å². The molecule has 2 fully saturated rings. The van der Waals surface area contributed by atoms with E-state index in [1.54, 1.807) is 25.3 Å². The second-order valence-corrected chi connectivity index (χ2v) is 9.49. The molecule has 0 N–H and O–H groups in total. The number of nitrogens with zero attached hydrogens (tertiary/aromatic N) is 3. The Morgan fingerprint density at radius 2 is 1.46 bits per heavy atom. The summed E-state index contributed by atoms with van der Waals surface area (Å²) >= 11 is 1.55. The highest BCUT2D eigenvalue weighted by Crippen LogP contribution is 2.23. The minimum absolute atomic E-state index is 0.0122. The van der Waals surface area contributed by atoms with Crippen LogP contribution in [0.3, 0.4) is 0 Å². The Labute approximate surface area is 160 Å². The first-order chi connectivity index (χ1) is 12.5. The Morgan fingerprint density at radius 1 is 0.885 bits per heavy atom. The van der Waals surface area contributed by atoms with E-state index in [2.05, 4.69) is 0 Å². The number of carbonyl (C=O) groups is 1. The summed E-state index contributed by atoms with van der Waals surface area (Å²) in [6.45, 7) is 2.84. The van der Waals surface area contributed by atoms with E-state index in [1.807, 2.05) is 30.5 Å². The van der Waals surface area contributed by atoms with Crippen molar-refractivity contribution < 1.29 is 13.2 Å². The second kappa shape index (κ2) is 8.73. The van der Waals surface area contributed by atoms with Crippen LogP contribution < -0.4 is 0 Å². The van der Waals surface area contributed by atoms with Gasteiger partial charge in [-0.3, -0.25) is 4.79 Å². The van der Waals surface area contributed by atoms with E-state index in [1.165, 1.54) is 0 Å². The van der Waals surface area contributed by atoms with Crippen molar-refractivity contribution in [2.75, 3.05) is 45.5 Å². The first kappa shape index (κ1) is 19.7. The van der Waals surface area contributed by atoms with Crippen molar-refractivity contribution in [2.24, 2.45) is 0 Å². The Bertz CT molecular complexity index is 723. The molecule has 0 radical (unpaired) electrons. The zero-order chi connectivity index (χ0) is 18.6. The highest BCUT2D eigenvalue weighted by Gasteiger charge is 2.34. The average Bonchev–Trinajstić information content (AvgIpc) is 2.97. The number of rotatable bonds is 4. The van der Waals surface area contributed by atoms with Crippen LogP contribution in [-0.2, 0) is 10.2 Å². The molecular formula is C18H27N3O3S2. The first-order valence-corrected chi connectivity index (χ1v) is 11.8. The van der Waals surface area contributed by atoms with Gasteiger partial charge in [-0.15, -0.1) is 11.8 Å². The number of thioether (sulfide) groups is 1. The zero-order valence-electron chi connectivity index (χ0n) is 15.3. The lowest BCUT2D eigenvalue weighted by Gasteiger charge is -2.36. The van der Waals surface area contributed by atoms with Crippen LogP contribution in [0.1, 0.15) is 36.0 Å². The third kappa shape index (κ3) is 4.24. The van der Waals surface area contributed by atoms with Crippen molar-refractivity contribution >= 4 is 27.9 Å². The first-order valence-electron chi connectivity index (χ1n) is 9.21. The van der Waals surface area contributed by atoms with Gasteiger partial charge in [0, 0.05) is 44.2 Å². The van der Waals surface area contributed by atoms with E-state index >= 15 is 0 Å². The van der Waals surface area contributed by atoms with Gasteiger partial charge in [0.2, 0.25) is 0 Å². The monoisotopic (exact) mass is 397 g/mol. The lowest BCUT2D eigenvalue weighted by atomic mass is 10.2. The summed E-state index contributed by atoms with van der Waals surface area (Å²) in [5, 5.41) is 0. The van der Waals surface area contributed by atoms with Gasteiger partial charge in [-0.1, -0.05) is 25.0 Å². The molecule has 2 aliphatic rings. The van der Waals surface area contributed by atoms with Crippen molar-refractivity contribution in [3.8, 4) is 0 Å². The zero-order valence-corrected chi connectivity index (χ0v) is 16.9. The molecule has 1 amide bonds. The van der Waals surface area contributed by atoms with Gasteiger partial charge in [-0.05, 0) is 31.2 Å². The van der Waals surface area contributed by atoms with Gasteiger partial charge in [0.25, 0.3) is 16.1 Å². The summed E-state index contributed by atoms with van der Waals surface area (Å²) in [7, 11) is -3.41. The summed E-state index contributed by atoms with van der Waals surface area (Å²) in [4.78, 5) is 15.5. The van der Waals surface area contributed by atoms with Gasteiger partial charge < -0.3 is 4.90 Å². The number of carbonyl (C=O) groups excluding carboxylic acids is 1. The van der Waals surface area contributed by atoms with E-state index in [9.17, 15) is 13.2 Å². The standard InChI is InChI=1S/C18H27N3O3S2/c1-25-17-9-5-4-8-16(17)18(22)19-12-14-21(15-13-19)26(23,24)20-10-6-2-3-7-11-20/h4-5,8-9H,2-3,6-7,10-15H2,1H3. The van der Waals surface area contributed by atoms with E-state index in [-0.39, 0.29) is 5.91 Å². The van der Waals surface area contributed by atoms with Crippen LogP contribution >= 0.6 is 11.8 Å². The summed E-state index contributed by atoms with van der Waals surface area (Å²) in [6, 6.07) is 7.58. The molecule has 0 aliphatic carbocycles. The predicted octanol–water partition coefficient (Wildman–Crippen LogP) is 2.29. The molecular weight excluding hydrogens is 370 g/mol. The Kier molecular flexibility index (Phi) is 6.60. The number of hydrogen-bond donors (Lipinski definition) is 0. The number of piperazine rings is 1. The Hall–Kier alpha value is -1.09. The maximum absolute atomic E-state index is 12.9. The molecule has 1 aromatic carbocycles. The van der Waals surface area contributed by atoms with E-state index < -0.39 is 10.2 Å². The molecule has 2 heterocycles. The molecule has 6 nitrogen and oxygen atoms in total. The lowest BCUT2D eigenvalue weighted by Crippen LogP contribution is -2.54. The SMILES string of the molecule is CSc1ccccc1C(=O)N1CCN(S(=O)(=O)N2CCCCCC2)CC1. The largest absolute Gasteiger partial charge is 0.336 e. The third-order valence-corrected chi connectivity index (χ3v) is 7.91. The molecule has 0 atom stereocenters. The minimum atomic E-state index is -3.41. The predicted molar refractivity (Wildman–Crippen MR) is 105 cm³/mol. The van der Waals surface area contributed by atoms with E-state index in [0.29, 0.717) is 44.8 Å². The molecule has 2 aliphatic heterocycles. The van der Waals surface area contributed by atoms with Crippen LogP contribution in [0.5, 0.6) is 0 Å².